The molecule has 0 radical (unpaired) electrons. The molecular weight excluding hydrogens is 354 g/mol. The Hall–Kier alpha value is -2.79. The van der Waals surface area contributed by atoms with Crippen LogP contribution in [0.3, 0.4) is 0 Å². The average molecular weight is 375 g/mol. The minimum absolute atomic E-state index is 0.0998. The van der Waals surface area contributed by atoms with Gasteiger partial charge in [0, 0.05) is 29.2 Å². The number of thioether (sulfide) groups is 1. The van der Waals surface area contributed by atoms with E-state index < -0.39 is 0 Å². The lowest BCUT2D eigenvalue weighted by atomic mass is 10.1. The van der Waals surface area contributed by atoms with Crippen molar-refractivity contribution in [3.63, 3.8) is 0 Å². The maximum atomic E-state index is 12.4. The van der Waals surface area contributed by atoms with Crippen LogP contribution in [0, 0.1) is 0 Å². The molecule has 2 aromatic carbocycles. The molecule has 0 bridgehead atoms. The fraction of sp³-hybridized carbons (Fsp3) is 0.182. The summed E-state index contributed by atoms with van der Waals surface area (Å²) in [6.45, 7) is 5.14. The SMILES string of the molecule is CCc1ccc(N=C2NC(=O)/C(=C/c3cn(CC)c4ccccc34)S2)cc1. The van der Waals surface area contributed by atoms with E-state index in [0.29, 0.717) is 10.1 Å². The van der Waals surface area contributed by atoms with Gasteiger partial charge >= 0.3 is 0 Å². The summed E-state index contributed by atoms with van der Waals surface area (Å²) in [5.41, 5.74) is 4.35. The van der Waals surface area contributed by atoms with Crippen LogP contribution >= 0.6 is 11.8 Å². The van der Waals surface area contributed by atoms with Gasteiger partial charge < -0.3 is 9.88 Å². The van der Waals surface area contributed by atoms with Crippen molar-refractivity contribution < 1.29 is 4.79 Å². The van der Waals surface area contributed by atoms with Crippen molar-refractivity contribution in [3.8, 4) is 0 Å². The number of rotatable bonds is 4. The molecule has 1 aliphatic heterocycles. The van der Waals surface area contributed by atoms with Gasteiger partial charge in [0.05, 0.1) is 10.6 Å². The predicted octanol–water partition coefficient (Wildman–Crippen LogP) is 5.12. The summed E-state index contributed by atoms with van der Waals surface area (Å²) in [5.74, 6) is -0.0998. The predicted molar refractivity (Wildman–Crippen MR) is 114 cm³/mol. The van der Waals surface area contributed by atoms with Gasteiger partial charge in [-0.1, -0.05) is 37.3 Å². The van der Waals surface area contributed by atoms with Gasteiger partial charge in [0.15, 0.2) is 5.17 Å². The summed E-state index contributed by atoms with van der Waals surface area (Å²) >= 11 is 1.39. The van der Waals surface area contributed by atoms with Crippen LogP contribution < -0.4 is 5.32 Å². The quantitative estimate of drug-likeness (QED) is 0.644. The van der Waals surface area contributed by atoms with Gasteiger partial charge in [0.2, 0.25) is 0 Å². The Morgan fingerprint density at radius 1 is 1.11 bits per heavy atom. The molecule has 27 heavy (non-hydrogen) atoms. The first-order chi connectivity index (χ1) is 13.2. The highest BCUT2D eigenvalue weighted by molar-refractivity contribution is 8.18. The minimum Gasteiger partial charge on any atom is -0.347 e. The van der Waals surface area contributed by atoms with E-state index in [0.717, 1.165) is 29.6 Å². The molecule has 5 heteroatoms. The molecule has 0 saturated carbocycles. The third-order valence-electron chi connectivity index (χ3n) is 4.67. The van der Waals surface area contributed by atoms with Crippen LogP contribution in [-0.4, -0.2) is 15.6 Å². The van der Waals surface area contributed by atoms with Crippen LogP contribution in [0.25, 0.3) is 17.0 Å². The van der Waals surface area contributed by atoms with Crippen LogP contribution in [0.1, 0.15) is 25.0 Å². The fourth-order valence-corrected chi connectivity index (χ4v) is 4.03. The highest BCUT2D eigenvalue weighted by Gasteiger charge is 2.24. The zero-order valence-electron chi connectivity index (χ0n) is 15.4. The largest absolute Gasteiger partial charge is 0.347 e. The van der Waals surface area contributed by atoms with Crippen molar-refractivity contribution in [2.75, 3.05) is 0 Å². The highest BCUT2D eigenvalue weighted by Crippen LogP contribution is 2.31. The van der Waals surface area contributed by atoms with Crippen LogP contribution in [-0.2, 0) is 17.8 Å². The maximum absolute atomic E-state index is 12.4. The van der Waals surface area contributed by atoms with Gasteiger partial charge in [-0.05, 0) is 54.9 Å². The van der Waals surface area contributed by atoms with Gasteiger partial charge in [-0.25, -0.2) is 4.99 Å². The number of aromatic nitrogens is 1. The summed E-state index contributed by atoms with van der Waals surface area (Å²) in [6.07, 6.45) is 5.06. The molecule has 0 spiro atoms. The Balaban J connectivity index is 1.63. The van der Waals surface area contributed by atoms with Gasteiger partial charge in [-0.2, -0.15) is 0 Å². The minimum atomic E-state index is -0.0998. The van der Waals surface area contributed by atoms with E-state index in [-0.39, 0.29) is 5.91 Å². The molecule has 1 saturated heterocycles. The number of benzene rings is 2. The Kier molecular flexibility index (Phi) is 4.86. The second-order valence-electron chi connectivity index (χ2n) is 6.39. The molecule has 3 aromatic rings. The van der Waals surface area contributed by atoms with E-state index in [1.807, 2.05) is 30.3 Å². The van der Waals surface area contributed by atoms with Gasteiger partial charge in [-0.15, -0.1) is 0 Å². The molecule has 0 unspecified atom stereocenters. The first-order valence-corrected chi connectivity index (χ1v) is 9.96. The van der Waals surface area contributed by atoms with Crippen LogP contribution in [0.2, 0.25) is 0 Å². The van der Waals surface area contributed by atoms with E-state index in [1.54, 1.807) is 0 Å². The van der Waals surface area contributed by atoms with Crippen LogP contribution in [0.5, 0.6) is 0 Å². The van der Waals surface area contributed by atoms with Gasteiger partial charge in [0.1, 0.15) is 0 Å². The van der Waals surface area contributed by atoms with Gasteiger partial charge in [-0.3, -0.25) is 4.79 Å². The molecular formula is C22H21N3OS. The second-order valence-corrected chi connectivity index (χ2v) is 7.42. The smallest absolute Gasteiger partial charge is 0.264 e. The third kappa shape index (κ3) is 3.55. The lowest BCUT2D eigenvalue weighted by Gasteiger charge is -1.98. The summed E-state index contributed by atoms with van der Waals surface area (Å²) in [7, 11) is 0. The first kappa shape index (κ1) is 17.6. The molecule has 1 amide bonds. The zero-order valence-corrected chi connectivity index (χ0v) is 16.2. The number of carbonyl (C=O) groups is 1. The van der Waals surface area contributed by atoms with Crippen molar-refractivity contribution in [2.24, 2.45) is 4.99 Å². The topological polar surface area (TPSA) is 46.4 Å². The molecule has 0 atom stereocenters. The molecule has 136 valence electrons. The third-order valence-corrected chi connectivity index (χ3v) is 5.58. The number of aliphatic imine (C=N–C) groups is 1. The highest BCUT2D eigenvalue weighted by atomic mass is 32.2. The number of hydrogen-bond donors (Lipinski definition) is 1. The van der Waals surface area contributed by atoms with Crippen LogP contribution in [0.15, 0.2) is 64.6 Å². The first-order valence-electron chi connectivity index (χ1n) is 9.14. The summed E-state index contributed by atoms with van der Waals surface area (Å²) in [6, 6.07) is 16.4. The molecule has 2 heterocycles. The fourth-order valence-electron chi connectivity index (χ4n) is 3.20. The van der Waals surface area contributed by atoms with E-state index in [9.17, 15) is 4.79 Å². The average Bonchev–Trinajstić information content (AvgIpc) is 3.23. The van der Waals surface area contributed by atoms with Crippen molar-refractivity contribution in [1.29, 1.82) is 0 Å². The van der Waals surface area contributed by atoms with Crippen molar-refractivity contribution in [1.82, 2.24) is 9.88 Å². The maximum Gasteiger partial charge on any atom is 0.264 e. The number of nitrogens with one attached hydrogen (secondary N) is 1. The van der Waals surface area contributed by atoms with Gasteiger partial charge in [0.25, 0.3) is 5.91 Å². The van der Waals surface area contributed by atoms with E-state index >= 15 is 0 Å². The Bertz CT molecular complexity index is 1060. The van der Waals surface area contributed by atoms with E-state index in [1.165, 1.54) is 22.8 Å². The number of amidine groups is 1. The number of nitrogens with zero attached hydrogens (tertiary/aromatic N) is 2. The summed E-state index contributed by atoms with van der Waals surface area (Å²) in [4.78, 5) is 17.6. The number of amides is 1. The summed E-state index contributed by atoms with van der Waals surface area (Å²) < 4.78 is 2.20. The van der Waals surface area contributed by atoms with Crippen molar-refractivity contribution in [2.45, 2.75) is 26.8 Å². The zero-order chi connectivity index (χ0) is 18.8. The summed E-state index contributed by atoms with van der Waals surface area (Å²) in [5, 5.41) is 4.64. The standard InChI is InChI=1S/C22H21N3OS/c1-3-15-9-11-17(12-10-15)23-22-24-21(26)20(27-22)13-16-14-25(4-2)19-8-6-5-7-18(16)19/h5-14H,3-4H2,1-2H3,(H,23,24,26)/b20-13-. The molecule has 1 N–H and O–H groups in total. The Morgan fingerprint density at radius 3 is 2.63 bits per heavy atom. The molecule has 4 nitrogen and oxygen atoms in total. The molecule has 4 rings (SSSR count). The van der Waals surface area contributed by atoms with Crippen LogP contribution in [0.4, 0.5) is 5.69 Å². The number of para-hydroxylation sites is 1. The molecule has 1 aliphatic rings. The van der Waals surface area contributed by atoms with E-state index in [2.05, 4.69) is 59.2 Å². The number of aryl methyl sites for hydroxylation is 2. The molecule has 1 aromatic heterocycles. The normalized spacial score (nSPS) is 17.2. The lowest BCUT2D eigenvalue weighted by molar-refractivity contribution is -0.115. The Morgan fingerprint density at radius 2 is 1.89 bits per heavy atom. The number of fused-ring (bicyclic) bond motifs is 1. The lowest BCUT2D eigenvalue weighted by Crippen LogP contribution is -2.19. The van der Waals surface area contributed by atoms with Crippen molar-refractivity contribution in [3.05, 3.63) is 70.8 Å². The Labute approximate surface area is 163 Å². The van der Waals surface area contributed by atoms with Crippen molar-refractivity contribution >= 4 is 45.5 Å². The second kappa shape index (κ2) is 7.45. The van der Waals surface area contributed by atoms with E-state index in [4.69, 9.17) is 0 Å². The number of carbonyl (C=O) groups excluding carboxylic acids is 1. The molecule has 1 fully saturated rings. The molecule has 0 aliphatic carbocycles. The number of hydrogen-bond acceptors (Lipinski definition) is 3. The monoisotopic (exact) mass is 375 g/mol.